The molecule has 0 radical (unpaired) electrons. The first kappa shape index (κ1) is 28.1. The maximum Gasteiger partial charge on any atom is 0.401 e. The summed E-state index contributed by atoms with van der Waals surface area (Å²) in [6.45, 7) is 1.75. The first-order valence-corrected chi connectivity index (χ1v) is 11.7. The van der Waals surface area contributed by atoms with Crippen molar-refractivity contribution in [1.82, 2.24) is 24.2 Å². The third kappa shape index (κ3) is 8.56. The maximum absolute atomic E-state index is 13.3. The number of amides is 1. The van der Waals surface area contributed by atoms with Crippen LogP contribution in [0.2, 0.25) is 0 Å². The van der Waals surface area contributed by atoms with E-state index in [9.17, 15) is 26.7 Å². The standard InChI is InChI=1S/C22H24F5N7O2S/c1-13-18(20(37-33-13)32-16-11-28-15(10-29-16)21(2,23)24)19(35)31-14-5-6-17(30-9-14)36-8-4-7-34(3)12-22(25,26)27/h5-6,9-11H,4,7-8,12H2,1-3H3,(H,29,32)(H,31,35). The lowest BCUT2D eigenvalue weighted by Gasteiger charge is -2.18. The summed E-state index contributed by atoms with van der Waals surface area (Å²) < 4.78 is 73.3. The smallest absolute Gasteiger partial charge is 0.401 e. The Balaban J connectivity index is 1.55. The van der Waals surface area contributed by atoms with Gasteiger partial charge in [-0.25, -0.2) is 15.0 Å². The molecule has 3 heterocycles. The highest BCUT2D eigenvalue weighted by Gasteiger charge is 2.29. The number of carbonyl (C=O) groups is 1. The summed E-state index contributed by atoms with van der Waals surface area (Å²) in [5.74, 6) is -3.19. The molecule has 0 saturated carbocycles. The fourth-order valence-electron chi connectivity index (χ4n) is 3.09. The Morgan fingerprint density at radius 2 is 1.86 bits per heavy atom. The summed E-state index contributed by atoms with van der Waals surface area (Å²) in [7, 11) is 1.38. The zero-order valence-corrected chi connectivity index (χ0v) is 20.9. The number of nitrogens with one attached hydrogen (secondary N) is 2. The van der Waals surface area contributed by atoms with E-state index in [4.69, 9.17) is 4.74 Å². The van der Waals surface area contributed by atoms with Gasteiger partial charge in [0.15, 0.2) is 0 Å². The van der Waals surface area contributed by atoms with Crippen LogP contribution in [0.1, 0.15) is 35.1 Å². The Kier molecular flexibility index (Phi) is 8.91. The number of pyridine rings is 1. The van der Waals surface area contributed by atoms with E-state index in [-0.39, 0.29) is 30.4 Å². The fourth-order valence-corrected chi connectivity index (χ4v) is 3.89. The topological polar surface area (TPSA) is 105 Å². The third-order valence-corrected chi connectivity index (χ3v) is 5.66. The molecule has 15 heteroatoms. The second-order valence-electron chi connectivity index (χ2n) is 8.17. The van der Waals surface area contributed by atoms with E-state index >= 15 is 0 Å². The molecule has 37 heavy (non-hydrogen) atoms. The summed E-state index contributed by atoms with van der Waals surface area (Å²) in [6, 6.07) is 3.08. The van der Waals surface area contributed by atoms with Gasteiger partial charge in [0.25, 0.3) is 11.8 Å². The average Bonchev–Trinajstić information content (AvgIpc) is 3.16. The second-order valence-corrected chi connectivity index (χ2v) is 8.94. The number of nitrogens with zero attached hydrogens (tertiary/aromatic N) is 5. The van der Waals surface area contributed by atoms with Gasteiger partial charge in [0.2, 0.25) is 5.88 Å². The van der Waals surface area contributed by atoms with Crippen LogP contribution in [-0.4, -0.2) is 63.1 Å². The van der Waals surface area contributed by atoms with Crippen LogP contribution in [0.5, 0.6) is 5.88 Å². The van der Waals surface area contributed by atoms with Gasteiger partial charge in [0.05, 0.1) is 48.7 Å². The summed E-state index contributed by atoms with van der Waals surface area (Å²) >= 11 is 0.999. The largest absolute Gasteiger partial charge is 0.478 e. The third-order valence-electron chi connectivity index (χ3n) is 4.81. The van der Waals surface area contributed by atoms with Gasteiger partial charge in [-0.3, -0.25) is 9.69 Å². The van der Waals surface area contributed by atoms with Gasteiger partial charge in [-0.15, -0.1) is 0 Å². The normalized spacial score (nSPS) is 12.0. The lowest BCUT2D eigenvalue weighted by Crippen LogP contribution is -2.32. The summed E-state index contributed by atoms with van der Waals surface area (Å²) in [4.78, 5) is 25.7. The van der Waals surface area contributed by atoms with Crippen LogP contribution in [0.4, 0.5) is 38.5 Å². The van der Waals surface area contributed by atoms with Gasteiger partial charge in [-0.1, -0.05) is 0 Å². The Bertz CT molecular complexity index is 1180. The summed E-state index contributed by atoms with van der Waals surface area (Å²) in [5, 5.41) is 5.92. The van der Waals surface area contributed by atoms with Crippen molar-refractivity contribution in [3.63, 3.8) is 0 Å². The number of alkyl halides is 5. The first-order chi connectivity index (χ1) is 17.3. The Labute approximate surface area is 213 Å². The second kappa shape index (κ2) is 11.7. The zero-order valence-electron chi connectivity index (χ0n) is 20.1. The number of hydrogen-bond acceptors (Lipinski definition) is 9. The molecule has 3 aromatic rings. The van der Waals surface area contributed by atoms with E-state index < -0.39 is 30.2 Å². The van der Waals surface area contributed by atoms with Crippen molar-refractivity contribution in [3.8, 4) is 5.88 Å². The number of ether oxygens (including phenoxy) is 1. The van der Waals surface area contributed by atoms with Gasteiger partial charge in [-0.05, 0) is 38.0 Å². The Morgan fingerprint density at radius 3 is 2.46 bits per heavy atom. The molecule has 3 aromatic heterocycles. The van der Waals surface area contributed by atoms with Gasteiger partial charge >= 0.3 is 6.18 Å². The molecule has 0 unspecified atom stereocenters. The molecular weight excluding hydrogens is 521 g/mol. The van der Waals surface area contributed by atoms with Crippen LogP contribution in [0.3, 0.4) is 0 Å². The lowest BCUT2D eigenvalue weighted by atomic mass is 10.2. The number of anilines is 3. The fraction of sp³-hybridized carbons (Fsp3) is 0.409. The average molecular weight is 546 g/mol. The molecule has 0 atom stereocenters. The molecule has 0 bridgehead atoms. The molecule has 0 aliphatic heterocycles. The SMILES string of the molecule is Cc1nsc(Nc2cnc(C(C)(F)F)cn2)c1C(=O)Nc1ccc(OCCCN(C)CC(F)(F)F)nc1. The van der Waals surface area contributed by atoms with Crippen LogP contribution in [0.15, 0.2) is 30.7 Å². The van der Waals surface area contributed by atoms with Crippen LogP contribution in [0, 0.1) is 6.92 Å². The van der Waals surface area contributed by atoms with Gasteiger partial charge in [-0.2, -0.15) is 26.3 Å². The number of halogens is 5. The number of rotatable bonds is 11. The van der Waals surface area contributed by atoms with Crippen LogP contribution >= 0.6 is 11.5 Å². The van der Waals surface area contributed by atoms with Crippen molar-refractivity contribution in [1.29, 1.82) is 0 Å². The van der Waals surface area contributed by atoms with E-state index in [1.807, 2.05) is 0 Å². The van der Waals surface area contributed by atoms with Gasteiger partial charge in [0, 0.05) is 19.5 Å². The van der Waals surface area contributed by atoms with Crippen LogP contribution in [0.25, 0.3) is 0 Å². The summed E-state index contributed by atoms with van der Waals surface area (Å²) in [6.07, 6.45) is -0.408. The van der Waals surface area contributed by atoms with E-state index in [1.165, 1.54) is 19.3 Å². The minimum atomic E-state index is -4.25. The molecule has 200 valence electrons. The lowest BCUT2D eigenvalue weighted by molar-refractivity contribution is -0.143. The number of aryl methyl sites for hydroxylation is 1. The van der Waals surface area contributed by atoms with Crippen LogP contribution < -0.4 is 15.4 Å². The van der Waals surface area contributed by atoms with Gasteiger partial charge in [0.1, 0.15) is 16.5 Å². The Morgan fingerprint density at radius 1 is 1.11 bits per heavy atom. The van der Waals surface area contributed by atoms with Crippen molar-refractivity contribution in [2.24, 2.45) is 0 Å². The highest BCUT2D eigenvalue weighted by molar-refractivity contribution is 7.10. The molecule has 0 aliphatic carbocycles. The predicted octanol–water partition coefficient (Wildman–Crippen LogP) is 5.01. The predicted molar refractivity (Wildman–Crippen MR) is 128 cm³/mol. The van der Waals surface area contributed by atoms with Crippen molar-refractivity contribution in [3.05, 3.63) is 47.7 Å². The van der Waals surface area contributed by atoms with E-state index in [1.54, 1.807) is 13.0 Å². The molecule has 0 saturated heterocycles. The molecule has 0 spiro atoms. The Hall–Kier alpha value is -3.46. The molecule has 1 amide bonds. The van der Waals surface area contributed by atoms with Crippen molar-refractivity contribution in [2.75, 3.05) is 37.4 Å². The molecule has 3 rings (SSSR count). The van der Waals surface area contributed by atoms with E-state index in [0.717, 1.165) is 28.8 Å². The first-order valence-electron chi connectivity index (χ1n) is 10.9. The van der Waals surface area contributed by atoms with E-state index in [2.05, 4.69) is 30.0 Å². The maximum atomic E-state index is 13.3. The van der Waals surface area contributed by atoms with Crippen molar-refractivity contribution >= 4 is 33.9 Å². The number of aromatic nitrogens is 4. The minimum absolute atomic E-state index is 0.165. The molecule has 0 fully saturated rings. The highest BCUT2D eigenvalue weighted by Crippen LogP contribution is 2.29. The molecule has 9 nitrogen and oxygen atoms in total. The minimum Gasteiger partial charge on any atom is -0.478 e. The van der Waals surface area contributed by atoms with Gasteiger partial charge < -0.3 is 15.4 Å². The van der Waals surface area contributed by atoms with Crippen molar-refractivity contribution in [2.45, 2.75) is 32.4 Å². The quantitative estimate of drug-likeness (QED) is 0.256. The van der Waals surface area contributed by atoms with E-state index in [0.29, 0.717) is 29.7 Å². The number of carbonyl (C=O) groups excluding carboxylic acids is 1. The zero-order chi connectivity index (χ0) is 27.2. The number of hydrogen-bond donors (Lipinski definition) is 2. The van der Waals surface area contributed by atoms with Crippen molar-refractivity contribution < 1.29 is 31.5 Å². The monoisotopic (exact) mass is 545 g/mol. The molecule has 2 N–H and O–H groups in total. The summed E-state index contributed by atoms with van der Waals surface area (Å²) in [5.41, 5.74) is 0.566. The highest BCUT2D eigenvalue weighted by atomic mass is 32.1. The van der Waals surface area contributed by atoms with Crippen LogP contribution in [-0.2, 0) is 5.92 Å². The molecular formula is C22H24F5N7O2S. The molecule has 0 aromatic carbocycles. The molecule has 0 aliphatic rings.